The maximum Gasteiger partial charge on any atom is 0.331 e. The average Bonchev–Trinajstić information content (AvgIpc) is 3.33. The third-order valence-electron chi connectivity index (χ3n) is 14.1. The molecule has 4 aliphatic rings. The zero-order valence-electron chi connectivity index (χ0n) is 28.4. The summed E-state index contributed by atoms with van der Waals surface area (Å²) in [5.41, 5.74) is 1.66. The number of aliphatic hydroxyl groups excluding tert-OH is 1. The van der Waals surface area contributed by atoms with Gasteiger partial charge in [0.2, 0.25) is 0 Å². The number of fused-ring (bicyclic) bond motifs is 5. The SMILES string of the molecule is C/C(=C\CC[C@](C)(O)[C@H]1CC[C@]2(C)[C@@H]1CC[C@@H]1[C@@]3(C)CCC(OC(=O)/C=C/c4ccc(O)cc4)C(C)(C)[C@@H]3CC[C@]12C)CO. The van der Waals surface area contributed by atoms with Crippen LogP contribution in [-0.4, -0.2) is 39.6 Å². The summed E-state index contributed by atoms with van der Waals surface area (Å²) in [4.78, 5) is 13.0. The summed E-state index contributed by atoms with van der Waals surface area (Å²) in [7, 11) is 0. The lowest BCUT2D eigenvalue weighted by Crippen LogP contribution is -2.64. The Morgan fingerprint density at radius 1 is 0.955 bits per heavy atom. The summed E-state index contributed by atoms with van der Waals surface area (Å²) >= 11 is 0. The summed E-state index contributed by atoms with van der Waals surface area (Å²) in [5, 5.41) is 30.7. The number of esters is 1. The van der Waals surface area contributed by atoms with Crippen LogP contribution in [0.4, 0.5) is 0 Å². The van der Waals surface area contributed by atoms with E-state index in [1.807, 2.05) is 6.92 Å². The molecule has 0 aromatic heterocycles. The Labute approximate surface area is 266 Å². The Balaban J connectivity index is 1.30. The summed E-state index contributed by atoms with van der Waals surface area (Å²) in [6, 6.07) is 6.81. The van der Waals surface area contributed by atoms with Crippen molar-refractivity contribution in [3.8, 4) is 5.75 Å². The summed E-state index contributed by atoms with van der Waals surface area (Å²) in [6.07, 6.45) is 15.8. The van der Waals surface area contributed by atoms with Crippen molar-refractivity contribution in [2.24, 2.45) is 45.3 Å². The molecule has 244 valence electrons. The van der Waals surface area contributed by atoms with E-state index >= 15 is 0 Å². The molecule has 3 N–H and O–H groups in total. The van der Waals surface area contributed by atoms with Crippen LogP contribution < -0.4 is 0 Å². The lowest BCUT2D eigenvalue weighted by atomic mass is 9.35. The largest absolute Gasteiger partial charge is 0.508 e. The highest BCUT2D eigenvalue weighted by Gasteiger charge is 2.69. The number of aliphatic hydroxyl groups is 2. The number of carbonyl (C=O) groups is 1. The number of carbonyl (C=O) groups excluding carboxylic acids is 1. The molecule has 9 atom stereocenters. The van der Waals surface area contributed by atoms with Crippen molar-refractivity contribution in [1.82, 2.24) is 0 Å². The van der Waals surface area contributed by atoms with E-state index in [0.717, 1.165) is 49.7 Å². The van der Waals surface area contributed by atoms with Crippen LogP contribution in [0.15, 0.2) is 42.0 Å². The lowest BCUT2D eigenvalue weighted by molar-refractivity contribution is -0.229. The van der Waals surface area contributed by atoms with Crippen LogP contribution in [0.2, 0.25) is 0 Å². The van der Waals surface area contributed by atoms with Gasteiger partial charge in [0.05, 0.1) is 12.2 Å². The number of rotatable bonds is 8. The highest BCUT2D eigenvalue weighted by Crippen LogP contribution is 2.76. The standard InChI is InChI=1S/C39H58O5/c1-26(25-40)9-8-21-39(7,43)30-18-23-37(5)29(30)15-16-32-36(4)22-20-33(35(2,3)31(36)19-24-38(32,37)6)44-34(42)17-12-27-10-13-28(41)14-11-27/h9-14,17,29-33,40-41,43H,8,15-16,18-25H2,1-7H3/b17-12+,26-9+/t29-,30+,31+,32-,33?,36+,37-,38-,39+/m1/s1. The van der Waals surface area contributed by atoms with Gasteiger partial charge in [0.25, 0.3) is 0 Å². The molecule has 5 nitrogen and oxygen atoms in total. The van der Waals surface area contributed by atoms with Gasteiger partial charge in [0.1, 0.15) is 11.9 Å². The molecule has 4 fully saturated rings. The molecule has 1 aromatic carbocycles. The molecule has 0 amide bonds. The summed E-state index contributed by atoms with van der Waals surface area (Å²) in [6.45, 7) is 16.5. The number of hydrogen-bond donors (Lipinski definition) is 3. The molecular formula is C39H58O5. The molecule has 44 heavy (non-hydrogen) atoms. The fourth-order valence-corrected chi connectivity index (χ4v) is 11.5. The normalized spacial score (nSPS) is 39.7. The van der Waals surface area contributed by atoms with Crippen molar-refractivity contribution in [2.75, 3.05) is 6.61 Å². The van der Waals surface area contributed by atoms with Crippen LogP contribution in [0.25, 0.3) is 6.08 Å². The van der Waals surface area contributed by atoms with Gasteiger partial charge >= 0.3 is 5.97 Å². The molecule has 0 spiro atoms. The van der Waals surface area contributed by atoms with Gasteiger partial charge in [0, 0.05) is 11.5 Å². The Morgan fingerprint density at radius 3 is 2.32 bits per heavy atom. The van der Waals surface area contributed by atoms with Crippen LogP contribution in [0.5, 0.6) is 5.75 Å². The van der Waals surface area contributed by atoms with Crippen LogP contribution in [0.1, 0.15) is 118 Å². The van der Waals surface area contributed by atoms with Gasteiger partial charge in [-0.25, -0.2) is 4.79 Å². The average molecular weight is 607 g/mol. The van der Waals surface area contributed by atoms with Crippen molar-refractivity contribution in [1.29, 1.82) is 0 Å². The number of ether oxygens (including phenoxy) is 1. The van der Waals surface area contributed by atoms with Gasteiger partial charge in [-0.05, 0) is 142 Å². The predicted molar refractivity (Wildman–Crippen MR) is 177 cm³/mol. The topological polar surface area (TPSA) is 87.0 Å². The minimum absolute atomic E-state index is 0.0871. The number of benzene rings is 1. The number of phenolic OH excluding ortho intramolecular Hbond substituents is 1. The van der Waals surface area contributed by atoms with Gasteiger partial charge in [-0.2, -0.15) is 0 Å². The van der Waals surface area contributed by atoms with E-state index in [-0.39, 0.29) is 46.1 Å². The summed E-state index contributed by atoms with van der Waals surface area (Å²) < 4.78 is 6.18. The van der Waals surface area contributed by atoms with E-state index in [4.69, 9.17) is 4.74 Å². The van der Waals surface area contributed by atoms with Crippen molar-refractivity contribution < 1.29 is 24.9 Å². The monoisotopic (exact) mass is 606 g/mol. The fourth-order valence-electron chi connectivity index (χ4n) is 11.5. The molecule has 4 saturated carbocycles. The van der Waals surface area contributed by atoms with E-state index in [9.17, 15) is 20.1 Å². The van der Waals surface area contributed by atoms with E-state index in [2.05, 4.69) is 47.6 Å². The molecule has 1 aromatic rings. The number of phenols is 1. The van der Waals surface area contributed by atoms with Crippen molar-refractivity contribution in [3.63, 3.8) is 0 Å². The molecule has 0 aliphatic heterocycles. The van der Waals surface area contributed by atoms with Crippen molar-refractivity contribution >= 4 is 12.0 Å². The van der Waals surface area contributed by atoms with Crippen molar-refractivity contribution in [2.45, 2.75) is 124 Å². The van der Waals surface area contributed by atoms with Crippen LogP contribution in [0.3, 0.4) is 0 Å². The van der Waals surface area contributed by atoms with Crippen molar-refractivity contribution in [3.05, 3.63) is 47.6 Å². The quantitative estimate of drug-likeness (QED) is 0.157. The lowest BCUT2D eigenvalue weighted by Gasteiger charge is -2.70. The van der Waals surface area contributed by atoms with Gasteiger partial charge in [-0.15, -0.1) is 0 Å². The number of allylic oxidation sites excluding steroid dienone is 1. The third kappa shape index (κ3) is 5.59. The van der Waals surface area contributed by atoms with E-state index in [1.54, 1.807) is 30.3 Å². The second-order valence-electron chi connectivity index (χ2n) is 16.6. The smallest absolute Gasteiger partial charge is 0.331 e. The van der Waals surface area contributed by atoms with Gasteiger partial charge in [-0.1, -0.05) is 58.4 Å². The first-order chi connectivity index (χ1) is 20.6. The van der Waals surface area contributed by atoms with Crippen LogP contribution in [0, 0.1) is 45.3 Å². The first kappa shape index (κ1) is 33.3. The Bertz CT molecular complexity index is 1260. The van der Waals surface area contributed by atoms with Gasteiger partial charge in [0.15, 0.2) is 0 Å². The maximum absolute atomic E-state index is 13.0. The maximum atomic E-state index is 13.0. The second kappa shape index (κ2) is 11.9. The first-order valence-corrected chi connectivity index (χ1v) is 17.2. The number of hydrogen-bond acceptors (Lipinski definition) is 5. The highest BCUT2D eigenvalue weighted by molar-refractivity contribution is 5.87. The molecule has 0 saturated heterocycles. The molecule has 1 unspecified atom stereocenters. The Morgan fingerprint density at radius 2 is 1.64 bits per heavy atom. The molecule has 5 heteroatoms. The number of aromatic hydroxyl groups is 1. The van der Waals surface area contributed by atoms with Gasteiger partial charge < -0.3 is 20.1 Å². The second-order valence-corrected chi connectivity index (χ2v) is 16.6. The molecule has 0 radical (unpaired) electrons. The highest BCUT2D eigenvalue weighted by atomic mass is 16.5. The van der Waals surface area contributed by atoms with Crippen LogP contribution in [-0.2, 0) is 9.53 Å². The fraction of sp³-hybridized carbons (Fsp3) is 0.718. The minimum Gasteiger partial charge on any atom is -0.508 e. The minimum atomic E-state index is -0.695. The van der Waals surface area contributed by atoms with E-state index in [0.29, 0.717) is 23.7 Å². The Kier molecular flexibility index (Phi) is 9.01. The summed E-state index contributed by atoms with van der Waals surface area (Å²) in [5.74, 6) is 1.88. The molecule has 5 rings (SSSR count). The van der Waals surface area contributed by atoms with Crippen LogP contribution >= 0.6 is 0 Å². The molecular weight excluding hydrogens is 548 g/mol. The molecule has 0 heterocycles. The third-order valence-corrected chi connectivity index (χ3v) is 14.1. The zero-order chi connectivity index (χ0) is 32.1. The molecule has 0 bridgehead atoms. The van der Waals surface area contributed by atoms with E-state index in [1.165, 1.54) is 31.8 Å². The molecule has 4 aliphatic carbocycles. The van der Waals surface area contributed by atoms with Gasteiger partial charge in [-0.3, -0.25) is 0 Å². The Hall–Kier alpha value is -2.11. The zero-order valence-corrected chi connectivity index (χ0v) is 28.4. The van der Waals surface area contributed by atoms with E-state index < -0.39 is 5.60 Å². The predicted octanol–water partition coefficient (Wildman–Crippen LogP) is 8.47. The first-order valence-electron chi connectivity index (χ1n) is 17.2.